The number of para-hydroxylation sites is 2. The summed E-state index contributed by atoms with van der Waals surface area (Å²) in [6, 6.07) is 25.0. The number of ether oxygens (including phenoxy) is 2. The lowest BCUT2D eigenvalue weighted by molar-refractivity contribution is 0.388. The molecule has 0 aromatic heterocycles. The molecule has 2 aliphatic heterocycles. The third kappa shape index (κ3) is 3.05. The van der Waals surface area contributed by atoms with E-state index in [1.54, 1.807) is 0 Å². The Kier molecular flexibility index (Phi) is 4.13. The van der Waals surface area contributed by atoms with Gasteiger partial charge < -0.3 is 14.4 Å². The van der Waals surface area contributed by atoms with Gasteiger partial charge in [-0.1, -0.05) is 54.1 Å². The maximum absolute atomic E-state index is 5.85. The van der Waals surface area contributed by atoms with Gasteiger partial charge in [-0.15, -0.1) is 0 Å². The fraction of sp³-hybridized carbons (Fsp3) is 0.120. The van der Waals surface area contributed by atoms with Crippen molar-refractivity contribution in [1.29, 1.82) is 0 Å². The molecule has 0 saturated carbocycles. The Morgan fingerprint density at radius 2 is 1.18 bits per heavy atom. The van der Waals surface area contributed by atoms with Crippen LogP contribution in [0.5, 0.6) is 11.5 Å². The van der Waals surface area contributed by atoms with E-state index in [1.165, 1.54) is 16.7 Å². The molecule has 0 bridgehead atoms. The van der Waals surface area contributed by atoms with Gasteiger partial charge in [-0.05, 0) is 31.2 Å². The summed E-state index contributed by atoms with van der Waals surface area (Å²) in [6.07, 6.45) is 4.34. The minimum atomic E-state index is 0.581. The summed E-state index contributed by atoms with van der Waals surface area (Å²) in [6.45, 7) is 3.27. The van der Waals surface area contributed by atoms with Gasteiger partial charge in [0.2, 0.25) is 0 Å². The molecule has 0 saturated heterocycles. The molecule has 0 amide bonds. The van der Waals surface area contributed by atoms with Gasteiger partial charge in [0, 0.05) is 40.4 Å². The SMILES string of the molecule is Cc1ccc(N(/C=C2\COc3ccccc32)/C=C2\COc3ccccc32)cc1. The highest BCUT2D eigenvalue weighted by atomic mass is 16.5. The number of fused-ring (bicyclic) bond motifs is 2. The maximum atomic E-state index is 5.85. The Labute approximate surface area is 165 Å². The second-order valence-electron chi connectivity index (χ2n) is 7.12. The van der Waals surface area contributed by atoms with E-state index in [4.69, 9.17) is 9.47 Å². The van der Waals surface area contributed by atoms with Gasteiger partial charge in [-0.25, -0.2) is 0 Å². The number of aryl methyl sites for hydroxylation is 1. The first-order valence-electron chi connectivity index (χ1n) is 9.49. The quantitative estimate of drug-likeness (QED) is 0.595. The van der Waals surface area contributed by atoms with E-state index < -0.39 is 0 Å². The van der Waals surface area contributed by atoms with Crippen LogP contribution in [-0.2, 0) is 0 Å². The van der Waals surface area contributed by atoms with E-state index >= 15 is 0 Å². The van der Waals surface area contributed by atoms with Crippen LogP contribution in [0.4, 0.5) is 5.69 Å². The molecule has 0 unspecified atom stereocenters. The molecule has 0 aliphatic carbocycles. The maximum Gasteiger partial charge on any atom is 0.127 e. The molecular weight excluding hydrogens is 346 g/mol. The van der Waals surface area contributed by atoms with Gasteiger partial charge in [0.15, 0.2) is 0 Å². The predicted molar refractivity (Wildman–Crippen MR) is 113 cm³/mol. The summed E-state index contributed by atoms with van der Waals surface area (Å²) < 4.78 is 11.7. The number of anilines is 1. The number of benzene rings is 3. The van der Waals surface area contributed by atoms with E-state index in [9.17, 15) is 0 Å². The van der Waals surface area contributed by atoms with Crippen LogP contribution in [0.2, 0.25) is 0 Å². The summed E-state index contributed by atoms with van der Waals surface area (Å²) in [5, 5.41) is 0. The molecule has 3 aromatic rings. The molecule has 2 heterocycles. The average molecular weight is 367 g/mol. The highest BCUT2D eigenvalue weighted by Crippen LogP contribution is 2.36. The summed E-state index contributed by atoms with van der Waals surface area (Å²) in [4.78, 5) is 2.18. The lowest BCUT2D eigenvalue weighted by Gasteiger charge is -2.18. The Morgan fingerprint density at radius 1 is 0.679 bits per heavy atom. The standard InChI is InChI=1S/C25H21NO2/c1-18-10-12-21(13-11-18)26(14-19-16-27-24-8-4-2-6-22(19)24)15-20-17-28-25-9-5-3-7-23(20)25/h2-15H,16-17H2,1H3/b19-14+,20-15+. The summed E-state index contributed by atoms with van der Waals surface area (Å²) in [5.74, 6) is 1.89. The van der Waals surface area contributed by atoms with Crippen LogP contribution in [0.15, 0.2) is 85.2 Å². The first kappa shape index (κ1) is 16.7. The fourth-order valence-corrected chi connectivity index (χ4v) is 3.63. The molecule has 2 aliphatic rings. The van der Waals surface area contributed by atoms with E-state index in [2.05, 4.69) is 72.8 Å². The van der Waals surface area contributed by atoms with Crippen molar-refractivity contribution in [2.45, 2.75) is 6.92 Å². The van der Waals surface area contributed by atoms with Crippen molar-refractivity contribution in [3.63, 3.8) is 0 Å². The largest absolute Gasteiger partial charge is 0.488 e. The monoisotopic (exact) mass is 367 g/mol. The third-order valence-corrected chi connectivity index (χ3v) is 5.15. The first-order valence-corrected chi connectivity index (χ1v) is 9.49. The topological polar surface area (TPSA) is 21.7 Å². The number of rotatable bonds is 3. The average Bonchev–Trinajstić information content (AvgIpc) is 3.33. The van der Waals surface area contributed by atoms with E-state index in [0.717, 1.165) is 28.3 Å². The highest BCUT2D eigenvalue weighted by molar-refractivity contribution is 5.81. The Balaban J connectivity index is 1.58. The molecule has 0 spiro atoms. The molecule has 5 rings (SSSR count). The molecule has 0 radical (unpaired) electrons. The first-order chi connectivity index (χ1) is 13.8. The Morgan fingerprint density at radius 3 is 1.71 bits per heavy atom. The highest BCUT2D eigenvalue weighted by Gasteiger charge is 2.20. The zero-order valence-electron chi connectivity index (χ0n) is 15.8. The smallest absolute Gasteiger partial charge is 0.127 e. The molecule has 138 valence electrons. The number of hydrogen-bond acceptors (Lipinski definition) is 3. The van der Waals surface area contributed by atoms with Crippen LogP contribution in [-0.4, -0.2) is 13.2 Å². The molecule has 3 nitrogen and oxygen atoms in total. The van der Waals surface area contributed by atoms with Crippen molar-refractivity contribution in [2.75, 3.05) is 18.1 Å². The minimum absolute atomic E-state index is 0.581. The van der Waals surface area contributed by atoms with E-state index in [1.807, 2.05) is 24.3 Å². The normalized spacial score (nSPS) is 17.2. The van der Waals surface area contributed by atoms with Gasteiger partial charge in [-0.2, -0.15) is 0 Å². The zero-order valence-corrected chi connectivity index (χ0v) is 15.8. The van der Waals surface area contributed by atoms with Crippen LogP contribution in [0.25, 0.3) is 11.1 Å². The van der Waals surface area contributed by atoms with Gasteiger partial charge in [-0.3, -0.25) is 0 Å². The fourth-order valence-electron chi connectivity index (χ4n) is 3.63. The molecule has 28 heavy (non-hydrogen) atoms. The lowest BCUT2D eigenvalue weighted by atomic mass is 10.1. The molecule has 0 atom stereocenters. The third-order valence-electron chi connectivity index (χ3n) is 5.15. The number of hydrogen-bond donors (Lipinski definition) is 0. The minimum Gasteiger partial charge on any atom is -0.488 e. The van der Waals surface area contributed by atoms with Crippen molar-refractivity contribution < 1.29 is 9.47 Å². The second kappa shape index (κ2) is 6.93. The van der Waals surface area contributed by atoms with Crippen LogP contribution < -0.4 is 14.4 Å². The van der Waals surface area contributed by atoms with E-state index in [-0.39, 0.29) is 0 Å². The molecule has 0 N–H and O–H groups in total. The summed E-state index contributed by atoms with van der Waals surface area (Å²) in [7, 11) is 0. The van der Waals surface area contributed by atoms with Crippen molar-refractivity contribution >= 4 is 16.8 Å². The molecular formula is C25H21NO2. The van der Waals surface area contributed by atoms with E-state index in [0.29, 0.717) is 13.2 Å². The van der Waals surface area contributed by atoms with Crippen molar-refractivity contribution in [3.05, 3.63) is 102 Å². The Bertz CT molecular complexity index is 1010. The van der Waals surface area contributed by atoms with Crippen LogP contribution in [0, 0.1) is 6.92 Å². The molecule has 3 aromatic carbocycles. The predicted octanol–water partition coefficient (Wildman–Crippen LogP) is 5.67. The van der Waals surface area contributed by atoms with Gasteiger partial charge >= 0.3 is 0 Å². The van der Waals surface area contributed by atoms with Crippen molar-refractivity contribution in [3.8, 4) is 11.5 Å². The lowest BCUT2D eigenvalue weighted by Crippen LogP contribution is -2.10. The summed E-state index contributed by atoms with van der Waals surface area (Å²) in [5.41, 5.74) is 7.00. The van der Waals surface area contributed by atoms with Gasteiger partial charge in [0.05, 0.1) is 0 Å². The summed E-state index contributed by atoms with van der Waals surface area (Å²) >= 11 is 0. The molecule has 3 heteroatoms. The number of nitrogens with zero attached hydrogens (tertiary/aromatic N) is 1. The van der Waals surface area contributed by atoms with Crippen molar-refractivity contribution in [1.82, 2.24) is 0 Å². The molecule has 0 fully saturated rings. The second-order valence-corrected chi connectivity index (χ2v) is 7.12. The van der Waals surface area contributed by atoms with Gasteiger partial charge in [0.25, 0.3) is 0 Å². The van der Waals surface area contributed by atoms with Crippen LogP contribution in [0.3, 0.4) is 0 Å². The van der Waals surface area contributed by atoms with Crippen molar-refractivity contribution in [2.24, 2.45) is 0 Å². The van der Waals surface area contributed by atoms with Crippen LogP contribution in [0.1, 0.15) is 16.7 Å². The Hall–Kier alpha value is -3.46. The zero-order chi connectivity index (χ0) is 18.9. The van der Waals surface area contributed by atoms with Crippen LogP contribution >= 0.6 is 0 Å². The van der Waals surface area contributed by atoms with Gasteiger partial charge in [0.1, 0.15) is 24.7 Å².